The molecule has 0 spiro atoms. The molecule has 0 saturated carbocycles. The molecule has 2 atom stereocenters. The monoisotopic (exact) mass is 245 g/mol. The highest BCUT2D eigenvalue weighted by Gasteiger charge is 2.19. The molecule has 1 aromatic rings. The fraction of sp³-hybridized carbons (Fsp3) is 0.429. The van der Waals surface area contributed by atoms with E-state index in [-0.39, 0.29) is 11.8 Å². The first-order valence-electron chi connectivity index (χ1n) is 5.98. The molecule has 18 heavy (non-hydrogen) atoms. The Morgan fingerprint density at radius 3 is 2.61 bits per heavy atom. The minimum absolute atomic E-state index is 0.124. The van der Waals surface area contributed by atoms with E-state index in [2.05, 4.69) is 6.07 Å². The molecule has 4 heteroatoms. The molecular weight excluding hydrogens is 226 g/mol. The summed E-state index contributed by atoms with van der Waals surface area (Å²) >= 11 is 0. The lowest BCUT2D eigenvalue weighted by atomic mass is 10.1. The Hall–Kier alpha value is -1.86. The van der Waals surface area contributed by atoms with Crippen molar-refractivity contribution < 1.29 is 4.79 Å². The summed E-state index contributed by atoms with van der Waals surface area (Å²) in [5.74, 6) is -0.302. The van der Waals surface area contributed by atoms with Gasteiger partial charge in [-0.25, -0.2) is 0 Å². The van der Waals surface area contributed by atoms with Crippen molar-refractivity contribution in [3.05, 3.63) is 35.9 Å². The SMILES string of the molecule is CC(C#N)CN(C)C(=O)[C@H](N)Cc1ccccc1. The molecule has 0 bridgehead atoms. The largest absolute Gasteiger partial charge is 0.343 e. The zero-order chi connectivity index (χ0) is 13.5. The second-order valence-electron chi connectivity index (χ2n) is 4.55. The van der Waals surface area contributed by atoms with Crippen LogP contribution in [-0.2, 0) is 11.2 Å². The van der Waals surface area contributed by atoms with Crippen LogP contribution in [0.2, 0.25) is 0 Å². The van der Waals surface area contributed by atoms with Gasteiger partial charge in [0.15, 0.2) is 0 Å². The van der Waals surface area contributed by atoms with E-state index in [1.54, 1.807) is 14.0 Å². The number of carbonyl (C=O) groups is 1. The van der Waals surface area contributed by atoms with Crippen LogP contribution in [0, 0.1) is 17.2 Å². The van der Waals surface area contributed by atoms with E-state index in [0.29, 0.717) is 13.0 Å². The fourth-order valence-electron chi connectivity index (χ4n) is 1.78. The summed E-state index contributed by atoms with van der Waals surface area (Å²) in [7, 11) is 1.68. The van der Waals surface area contributed by atoms with Crippen LogP contribution in [0.1, 0.15) is 12.5 Å². The molecule has 1 aromatic carbocycles. The van der Waals surface area contributed by atoms with Crippen molar-refractivity contribution in [2.75, 3.05) is 13.6 Å². The maximum absolute atomic E-state index is 12.0. The maximum Gasteiger partial charge on any atom is 0.239 e. The smallest absolute Gasteiger partial charge is 0.239 e. The third kappa shape index (κ3) is 4.19. The zero-order valence-corrected chi connectivity index (χ0v) is 10.8. The summed E-state index contributed by atoms with van der Waals surface area (Å²) in [6, 6.07) is 11.2. The first kappa shape index (κ1) is 14.2. The highest BCUT2D eigenvalue weighted by atomic mass is 16.2. The molecule has 0 radical (unpaired) electrons. The van der Waals surface area contributed by atoms with Crippen LogP contribution in [0.15, 0.2) is 30.3 Å². The molecule has 0 aliphatic rings. The van der Waals surface area contributed by atoms with Crippen molar-refractivity contribution in [2.24, 2.45) is 11.7 Å². The number of rotatable bonds is 5. The molecule has 0 aromatic heterocycles. The van der Waals surface area contributed by atoms with Gasteiger partial charge in [0.05, 0.1) is 18.0 Å². The van der Waals surface area contributed by atoms with Crippen molar-refractivity contribution in [2.45, 2.75) is 19.4 Å². The summed E-state index contributed by atoms with van der Waals surface area (Å²) in [6.07, 6.45) is 0.519. The number of hydrogen-bond donors (Lipinski definition) is 1. The van der Waals surface area contributed by atoms with Crippen LogP contribution >= 0.6 is 0 Å². The van der Waals surface area contributed by atoms with Gasteiger partial charge in [0, 0.05) is 13.6 Å². The van der Waals surface area contributed by atoms with Gasteiger partial charge >= 0.3 is 0 Å². The average molecular weight is 245 g/mol. The van der Waals surface area contributed by atoms with Gasteiger partial charge in [-0.15, -0.1) is 0 Å². The van der Waals surface area contributed by atoms with Crippen LogP contribution in [0.25, 0.3) is 0 Å². The number of nitriles is 1. The Bertz CT molecular complexity index is 424. The second kappa shape index (κ2) is 6.77. The fourth-order valence-corrected chi connectivity index (χ4v) is 1.78. The first-order valence-corrected chi connectivity index (χ1v) is 5.98. The summed E-state index contributed by atoms with van der Waals surface area (Å²) < 4.78 is 0. The second-order valence-corrected chi connectivity index (χ2v) is 4.55. The van der Waals surface area contributed by atoms with Gasteiger partial charge in [-0.05, 0) is 18.9 Å². The number of nitrogens with two attached hydrogens (primary N) is 1. The van der Waals surface area contributed by atoms with Gasteiger partial charge in [0.1, 0.15) is 0 Å². The molecule has 1 amide bonds. The van der Waals surface area contributed by atoms with Crippen LogP contribution in [0.4, 0.5) is 0 Å². The molecule has 0 saturated heterocycles. The molecule has 1 rings (SSSR count). The Labute approximate surface area is 108 Å². The van der Waals surface area contributed by atoms with Gasteiger partial charge in [-0.3, -0.25) is 4.79 Å². The van der Waals surface area contributed by atoms with Crippen LogP contribution < -0.4 is 5.73 Å². The molecule has 96 valence electrons. The number of nitrogens with zero attached hydrogens (tertiary/aromatic N) is 2. The quantitative estimate of drug-likeness (QED) is 0.846. The lowest BCUT2D eigenvalue weighted by Crippen LogP contribution is -2.44. The van der Waals surface area contributed by atoms with Crippen LogP contribution in [-0.4, -0.2) is 30.4 Å². The number of amides is 1. The molecule has 1 unspecified atom stereocenters. The van der Waals surface area contributed by atoms with Crippen molar-refractivity contribution in [3.8, 4) is 6.07 Å². The van der Waals surface area contributed by atoms with Crippen molar-refractivity contribution in [3.63, 3.8) is 0 Å². The van der Waals surface area contributed by atoms with Crippen molar-refractivity contribution in [1.82, 2.24) is 4.90 Å². The van der Waals surface area contributed by atoms with E-state index in [0.717, 1.165) is 5.56 Å². The van der Waals surface area contributed by atoms with Gasteiger partial charge in [-0.1, -0.05) is 30.3 Å². The summed E-state index contributed by atoms with van der Waals surface area (Å²) in [5.41, 5.74) is 6.93. The van der Waals surface area contributed by atoms with E-state index in [1.807, 2.05) is 30.3 Å². The highest BCUT2D eigenvalue weighted by Crippen LogP contribution is 2.05. The highest BCUT2D eigenvalue weighted by molar-refractivity contribution is 5.81. The predicted molar refractivity (Wildman–Crippen MR) is 70.5 cm³/mol. The molecular formula is C14H19N3O. The van der Waals surface area contributed by atoms with Crippen molar-refractivity contribution >= 4 is 5.91 Å². The summed E-state index contributed by atoms with van der Waals surface area (Å²) in [5, 5.41) is 8.72. The molecule has 0 aliphatic carbocycles. The summed E-state index contributed by atoms with van der Waals surface area (Å²) in [4.78, 5) is 13.5. The first-order chi connectivity index (χ1) is 8.54. The topological polar surface area (TPSA) is 70.1 Å². The average Bonchev–Trinajstić information content (AvgIpc) is 2.38. The zero-order valence-electron chi connectivity index (χ0n) is 10.8. The van der Waals surface area contributed by atoms with Crippen LogP contribution in [0.5, 0.6) is 0 Å². The Kier molecular flexibility index (Phi) is 5.34. The maximum atomic E-state index is 12.0. The molecule has 4 nitrogen and oxygen atoms in total. The third-order valence-corrected chi connectivity index (χ3v) is 2.76. The number of carbonyl (C=O) groups excluding carboxylic acids is 1. The van der Waals surface area contributed by atoms with E-state index < -0.39 is 6.04 Å². The minimum atomic E-state index is -0.553. The normalized spacial score (nSPS) is 13.4. The molecule has 0 fully saturated rings. The Morgan fingerprint density at radius 1 is 1.44 bits per heavy atom. The van der Waals surface area contributed by atoms with Gasteiger partial charge in [-0.2, -0.15) is 5.26 Å². The standard InChI is InChI=1S/C14H19N3O/c1-11(9-15)10-17(2)14(18)13(16)8-12-6-4-3-5-7-12/h3-7,11,13H,8,10,16H2,1-2H3/t11?,13-/m1/s1. The predicted octanol–water partition coefficient (Wildman–Crippen LogP) is 1.17. The van der Waals surface area contributed by atoms with E-state index in [1.165, 1.54) is 4.90 Å². The molecule has 0 aliphatic heterocycles. The Balaban J connectivity index is 2.54. The van der Waals surface area contributed by atoms with Gasteiger partial charge < -0.3 is 10.6 Å². The van der Waals surface area contributed by atoms with E-state index in [9.17, 15) is 4.79 Å². The third-order valence-electron chi connectivity index (χ3n) is 2.76. The summed E-state index contributed by atoms with van der Waals surface area (Å²) in [6.45, 7) is 2.20. The molecule has 2 N–H and O–H groups in total. The van der Waals surface area contributed by atoms with Gasteiger partial charge in [0.25, 0.3) is 0 Å². The minimum Gasteiger partial charge on any atom is -0.343 e. The van der Waals surface area contributed by atoms with Crippen LogP contribution in [0.3, 0.4) is 0 Å². The number of likely N-dealkylation sites (N-methyl/N-ethyl adjacent to an activating group) is 1. The lowest BCUT2D eigenvalue weighted by molar-refractivity contribution is -0.131. The number of benzene rings is 1. The van der Waals surface area contributed by atoms with E-state index in [4.69, 9.17) is 11.0 Å². The van der Waals surface area contributed by atoms with Gasteiger partial charge in [0.2, 0.25) is 5.91 Å². The molecule has 0 heterocycles. The lowest BCUT2D eigenvalue weighted by Gasteiger charge is -2.22. The number of hydrogen-bond acceptors (Lipinski definition) is 3. The van der Waals surface area contributed by atoms with E-state index >= 15 is 0 Å². The van der Waals surface area contributed by atoms with Crippen molar-refractivity contribution in [1.29, 1.82) is 5.26 Å². The Morgan fingerprint density at radius 2 is 2.06 bits per heavy atom.